The Bertz CT molecular complexity index is 550. The van der Waals surface area contributed by atoms with Crippen molar-refractivity contribution in [2.45, 2.75) is 6.92 Å². The normalized spacial score (nSPS) is 10.4. The second-order valence-electron chi connectivity index (χ2n) is 3.78. The fraction of sp³-hybridized carbons (Fsp3) is 0.143. The summed E-state index contributed by atoms with van der Waals surface area (Å²) in [6, 6.07) is 9.42. The number of ether oxygens (including phenoxy) is 1. The summed E-state index contributed by atoms with van der Waals surface area (Å²) in [6.07, 6.45) is 0. The molecule has 0 bridgehead atoms. The monoisotopic (exact) mass is 234 g/mol. The molecule has 0 amide bonds. The van der Waals surface area contributed by atoms with Crippen LogP contribution < -0.4 is 4.74 Å². The van der Waals surface area contributed by atoms with Gasteiger partial charge in [0.2, 0.25) is 0 Å². The summed E-state index contributed by atoms with van der Waals surface area (Å²) in [5.74, 6) is -0.957. The van der Waals surface area contributed by atoms with Gasteiger partial charge < -0.3 is 4.74 Å². The summed E-state index contributed by atoms with van der Waals surface area (Å²) in [5.41, 5.74) is 1.78. The first-order valence-corrected chi connectivity index (χ1v) is 5.22. The standard InChI is InChI=1S/C14H12F2O/c1-9-8-10(17-2)6-7-11(9)12-4-3-5-13(15)14(12)16/h3-8H,1-2H3. The van der Waals surface area contributed by atoms with Gasteiger partial charge in [0, 0.05) is 5.56 Å². The Hall–Kier alpha value is -1.90. The maximum Gasteiger partial charge on any atom is 0.166 e. The molecule has 1 nitrogen and oxygen atoms in total. The molecule has 0 radical (unpaired) electrons. The minimum atomic E-state index is -0.835. The Morgan fingerprint density at radius 1 is 1.00 bits per heavy atom. The highest BCUT2D eigenvalue weighted by Crippen LogP contribution is 2.29. The zero-order valence-corrected chi connectivity index (χ0v) is 9.63. The van der Waals surface area contributed by atoms with Gasteiger partial charge in [0.15, 0.2) is 11.6 Å². The van der Waals surface area contributed by atoms with Crippen LogP contribution in [0.2, 0.25) is 0 Å². The predicted molar refractivity (Wildman–Crippen MR) is 63.1 cm³/mol. The number of aryl methyl sites for hydroxylation is 1. The van der Waals surface area contributed by atoms with Crippen molar-refractivity contribution in [1.29, 1.82) is 0 Å². The molecule has 88 valence electrons. The second-order valence-corrected chi connectivity index (χ2v) is 3.78. The number of rotatable bonds is 2. The van der Waals surface area contributed by atoms with Gasteiger partial charge in [-0.1, -0.05) is 18.2 Å². The van der Waals surface area contributed by atoms with Crippen molar-refractivity contribution in [2.24, 2.45) is 0 Å². The van der Waals surface area contributed by atoms with E-state index in [9.17, 15) is 8.78 Å². The summed E-state index contributed by atoms with van der Waals surface area (Å²) >= 11 is 0. The van der Waals surface area contributed by atoms with Crippen LogP contribution in [0.3, 0.4) is 0 Å². The summed E-state index contributed by atoms with van der Waals surface area (Å²) < 4.78 is 31.9. The molecule has 0 fully saturated rings. The van der Waals surface area contributed by atoms with E-state index in [1.807, 2.05) is 6.92 Å². The molecule has 17 heavy (non-hydrogen) atoms. The highest BCUT2D eigenvalue weighted by molar-refractivity contribution is 5.68. The zero-order valence-electron chi connectivity index (χ0n) is 9.63. The highest BCUT2D eigenvalue weighted by atomic mass is 19.2. The molecule has 0 saturated heterocycles. The van der Waals surface area contributed by atoms with E-state index < -0.39 is 11.6 Å². The van der Waals surface area contributed by atoms with Gasteiger partial charge in [0.1, 0.15) is 5.75 Å². The molecule has 0 unspecified atom stereocenters. The Kier molecular flexibility index (Phi) is 3.09. The molecule has 0 aliphatic rings. The van der Waals surface area contributed by atoms with Gasteiger partial charge in [-0.05, 0) is 36.2 Å². The maximum absolute atomic E-state index is 13.6. The molecule has 0 aliphatic heterocycles. The molecule has 2 rings (SSSR count). The minimum Gasteiger partial charge on any atom is -0.497 e. The summed E-state index contributed by atoms with van der Waals surface area (Å²) in [5, 5.41) is 0. The van der Waals surface area contributed by atoms with E-state index in [4.69, 9.17) is 4.74 Å². The molecule has 0 N–H and O–H groups in total. The lowest BCUT2D eigenvalue weighted by Gasteiger charge is -2.09. The van der Waals surface area contributed by atoms with Gasteiger partial charge >= 0.3 is 0 Å². The van der Waals surface area contributed by atoms with Crippen molar-refractivity contribution in [2.75, 3.05) is 7.11 Å². The van der Waals surface area contributed by atoms with Crippen LogP contribution in [0.1, 0.15) is 5.56 Å². The van der Waals surface area contributed by atoms with Crippen LogP contribution in [0.4, 0.5) is 8.78 Å². The number of benzene rings is 2. The lowest BCUT2D eigenvalue weighted by atomic mass is 10.00. The van der Waals surface area contributed by atoms with Crippen LogP contribution in [-0.4, -0.2) is 7.11 Å². The molecule has 0 atom stereocenters. The van der Waals surface area contributed by atoms with Crippen molar-refractivity contribution in [3.63, 3.8) is 0 Å². The molecule has 0 spiro atoms. The molecular formula is C14H12F2O. The first-order valence-electron chi connectivity index (χ1n) is 5.22. The Balaban J connectivity index is 2.57. The van der Waals surface area contributed by atoms with Gasteiger partial charge in [-0.25, -0.2) is 8.78 Å². The third kappa shape index (κ3) is 2.13. The SMILES string of the molecule is COc1ccc(-c2cccc(F)c2F)c(C)c1. The van der Waals surface area contributed by atoms with E-state index in [2.05, 4.69) is 0 Å². The van der Waals surface area contributed by atoms with E-state index in [1.54, 1.807) is 31.4 Å². The summed E-state index contributed by atoms with van der Waals surface area (Å²) in [7, 11) is 1.57. The van der Waals surface area contributed by atoms with Gasteiger partial charge in [0.05, 0.1) is 7.11 Å². The average molecular weight is 234 g/mol. The van der Waals surface area contributed by atoms with Crippen molar-refractivity contribution >= 4 is 0 Å². The number of methoxy groups -OCH3 is 1. The molecule has 2 aromatic rings. The molecular weight excluding hydrogens is 222 g/mol. The smallest absolute Gasteiger partial charge is 0.166 e. The topological polar surface area (TPSA) is 9.23 Å². The first-order chi connectivity index (χ1) is 8.13. The molecule has 0 aliphatic carbocycles. The van der Waals surface area contributed by atoms with Crippen LogP contribution in [0, 0.1) is 18.6 Å². The van der Waals surface area contributed by atoms with E-state index >= 15 is 0 Å². The second kappa shape index (κ2) is 4.53. The van der Waals surface area contributed by atoms with Crippen LogP contribution in [0.15, 0.2) is 36.4 Å². The van der Waals surface area contributed by atoms with Crippen LogP contribution in [0.25, 0.3) is 11.1 Å². The molecule has 0 heterocycles. The fourth-order valence-electron chi connectivity index (χ4n) is 1.78. The lowest BCUT2D eigenvalue weighted by molar-refractivity contribution is 0.414. The van der Waals surface area contributed by atoms with Crippen LogP contribution in [0.5, 0.6) is 5.75 Å². The first kappa shape index (κ1) is 11.6. The summed E-state index contributed by atoms with van der Waals surface area (Å²) in [4.78, 5) is 0. The van der Waals surface area contributed by atoms with Gasteiger partial charge in [-0.3, -0.25) is 0 Å². The number of hydrogen-bond acceptors (Lipinski definition) is 1. The predicted octanol–water partition coefficient (Wildman–Crippen LogP) is 3.95. The number of hydrogen-bond donors (Lipinski definition) is 0. The maximum atomic E-state index is 13.6. The van der Waals surface area contributed by atoms with Crippen LogP contribution in [-0.2, 0) is 0 Å². The zero-order chi connectivity index (χ0) is 12.4. The Labute approximate surface area is 98.7 Å². The van der Waals surface area contributed by atoms with E-state index in [0.29, 0.717) is 11.3 Å². The van der Waals surface area contributed by atoms with Crippen LogP contribution >= 0.6 is 0 Å². The molecule has 0 saturated carbocycles. The van der Waals surface area contributed by atoms with Crippen molar-refractivity contribution in [1.82, 2.24) is 0 Å². The van der Waals surface area contributed by atoms with Crippen molar-refractivity contribution in [3.8, 4) is 16.9 Å². The van der Waals surface area contributed by atoms with E-state index in [-0.39, 0.29) is 5.56 Å². The van der Waals surface area contributed by atoms with E-state index in [0.717, 1.165) is 11.6 Å². The third-order valence-corrected chi connectivity index (χ3v) is 2.68. The van der Waals surface area contributed by atoms with Crippen molar-refractivity contribution in [3.05, 3.63) is 53.6 Å². The largest absolute Gasteiger partial charge is 0.497 e. The van der Waals surface area contributed by atoms with Gasteiger partial charge in [-0.15, -0.1) is 0 Å². The third-order valence-electron chi connectivity index (χ3n) is 2.68. The quantitative estimate of drug-likeness (QED) is 0.764. The molecule has 3 heteroatoms. The van der Waals surface area contributed by atoms with Gasteiger partial charge in [0.25, 0.3) is 0 Å². The highest BCUT2D eigenvalue weighted by Gasteiger charge is 2.11. The van der Waals surface area contributed by atoms with Gasteiger partial charge in [-0.2, -0.15) is 0 Å². The number of halogens is 2. The lowest BCUT2D eigenvalue weighted by Crippen LogP contribution is -1.92. The Morgan fingerprint density at radius 3 is 2.41 bits per heavy atom. The average Bonchev–Trinajstić information content (AvgIpc) is 2.33. The summed E-state index contributed by atoms with van der Waals surface area (Å²) in [6.45, 7) is 1.84. The molecule has 2 aromatic carbocycles. The molecule has 0 aromatic heterocycles. The Morgan fingerprint density at radius 2 is 1.76 bits per heavy atom. The van der Waals surface area contributed by atoms with Crippen molar-refractivity contribution < 1.29 is 13.5 Å². The minimum absolute atomic E-state index is 0.269. The van der Waals surface area contributed by atoms with E-state index in [1.165, 1.54) is 6.07 Å². The fourth-order valence-corrected chi connectivity index (χ4v) is 1.78.